The summed E-state index contributed by atoms with van der Waals surface area (Å²) in [6.45, 7) is 0. The second kappa shape index (κ2) is 5.56. The number of ether oxygens (including phenoxy) is 1. The molecule has 0 saturated heterocycles. The lowest BCUT2D eigenvalue weighted by Crippen LogP contribution is -2.19. The van der Waals surface area contributed by atoms with Crippen molar-refractivity contribution in [2.24, 2.45) is 0 Å². The van der Waals surface area contributed by atoms with Gasteiger partial charge in [-0.05, 0) is 35.5 Å². The smallest absolute Gasteiger partial charge is 0.233 e. The molecule has 0 aliphatic heterocycles. The number of fused-ring (bicyclic) bond motifs is 1. The van der Waals surface area contributed by atoms with Gasteiger partial charge in [0.15, 0.2) is 0 Å². The molecule has 1 aromatic carbocycles. The third-order valence-electron chi connectivity index (χ3n) is 3.27. The molecule has 2 aromatic heterocycles. The van der Waals surface area contributed by atoms with Crippen LogP contribution in [0.25, 0.3) is 10.1 Å². The summed E-state index contributed by atoms with van der Waals surface area (Å²) in [6, 6.07) is 12.3. The summed E-state index contributed by atoms with van der Waals surface area (Å²) < 4.78 is 6.34. The van der Waals surface area contributed by atoms with E-state index >= 15 is 0 Å². The summed E-state index contributed by atoms with van der Waals surface area (Å²) in [5.41, 5.74) is 2.11. The van der Waals surface area contributed by atoms with Crippen molar-refractivity contribution in [3.63, 3.8) is 0 Å². The minimum Gasteiger partial charge on any atom is -0.480 e. The quantitative estimate of drug-likeness (QED) is 0.800. The van der Waals surface area contributed by atoms with Crippen molar-refractivity contribution in [1.29, 1.82) is 0 Å². The Morgan fingerprint density at radius 3 is 2.75 bits per heavy atom. The Morgan fingerprint density at radius 2 is 2.05 bits per heavy atom. The molecule has 20 heavy (non-hydrogen) atoms. The van der Waals surface area contributed by atoms with Crippen molar-refractivity contribution < 1.29 is 4.74 Å². The van der Waals surface area contributed by atoms with Gasteiger partial charge in [0.1, 0.15) is 0 Å². The topological polar surface area (TPSA) is 47.0 Å². The first-order valence-corrected chi connectivity index (χ1v) is 7.22. The van der Waals surface area contributed by atoms with E-state index in [0.717, 1.165) is 5.69 Å². The Bertz CT molecular complexity index is 708. The molecular formula is C15H15N3OS. The van der Waals surface area contributed by atoms with Gasteiger partial charge in [-0.25, -0.2) is 0 Å². The van der Waals surface area contributed by atoms with Crippen molar-refractivity contribution in [3.05, 3.63) is 53.0 Å². The van der Waals surface area contributed by atoms with Gasteiger partial charge in [-0.1, -0.05) is 18.2 Å². The lowest BCUT2D eigenvalue weighted by molar-refractivity contribution is 0.390. The van der Waals surface area contributed by atoms with E-state index in [2.05, 4.69) is 45.2 Å². The van der Waals surface area contributed by atoms with Crippen molar-refractivity contribution in [2.75, 3.05) is 14.2 Å². The summed E-state index contributed by atoms with van der Waals surface area (Å²) >= 11 is 1.75. The maximum Gasteiger partial charge on any atom is 0.233 e. The SMILES string of the molecule is CNC(c1ccc(OC)nn1)c1cccc2ccsc12. The summed E-state index contributed by atoms with van der Waals surface area (Å²) in [6.07, 6.45) is 0. The highest BCUT2D eigenvalue weighted by atomic mass is 32.1. The molecule has 2 heterocycles. The Balaban J connectivity index is 2.06. The van der Waals surface area contributed by atoms with E-state index in [4.69, 9.17) is 4.74 Å². The van der Waals surface area contributed by atoms with Crippen LogP contribution in [0.15, 0.2) is 41.8 Å². The van der Waals surface area contributed by atoms with Crippen LogP contribution in [-0.2, 0) is 0 Å². The van der Waals surface area contributed by atoms with Gasteiger partial charge < -0.3 is 10.1 Å². The Kier molecular flexibility index (Phi) is 3.62. The van der Waals surface area contributed by atoms with Crippen LogP contribution in [0.1, 0.15) is 17.3 Å². The number of thiophene rings is 1. The van der Waals surface area contributed by atoms with Gasteiger partial charge in [-0.2, -0.15) is 0 Å². The molecule has 3 aromatic rings. The van der Waals surface area contributed by atoms with Gasteiger partial charge >= 0.3 is 0 Å². The monoisotopic (exact) mass is 285 g/mol. The highest BCUT2D eigenvalue weighted by Gasteiger charge is 2.17. The predicted molar refractivity (Wildman–Crippen MR) is 81.3 cm³/mol. The summed E-state index contributed by atoms with van der Waals surface area (Å²) in [7, 11) is 3.52. The van der Waals surface area contributed by atoms with Crippen LogP contribution >= 0.6 is 11.3 Å². The number of methoxy groups -OCH3 is 1. The lowest BCUT2D eigenvalue weighted by atomic mass is 10.0. The van der Waals surface area contributed by atoms with Gasteiger partial charge in [0.25, 0.3) is 0 Å². The fraction of sp³-hybridized carbons (Fsp3) is 0.200. The second-order valence-corrected chi connectivity index (χ2v) is 5.32. The predicted octanol–water partition coefficient (Wildman–Crippen LogP) is 3.01. The van der Waals surface area contributed by atoms with Crippen LogP contribution in [0.4, 0.5) is 0 Å². The van der Waals surface area contributed by atoms with Gasteiger partial charge in [-0.15, -0.1) is 21.5 Å². The molecule has 0 aliphatic carbocycles. The van der Waals surface area contributed by atoms with Gasteiger partial charge in [0.2, 0.25) is 5.88 Å². The van der Waals surface area contributed by atoms with Crippen molar-refractivity contribution in [2.45, 2.75) is 6.04 Å². The number of hydrogen-bond acceptors (Lipinski definition) is 5. The normalized spacial score (nSPS) is 12.5. The minimum absolute atomic E-state index is 0.0238. The van der Waals surface area contributed by atoms with Crippen LogP contribution in [0.3, 0.4) is 0 Å². The van der Waals surface area contributed by atoms with Crippen molar-refractivity contribution in [3.8, 4) is 5.88 Å². The van der Waals surface area contributed by atoms with E-state index < -0.39 is 0 Å². The second-order valence-electron chi connectivity index (χ2n) is 4.41. The molecule has 1 unspecified atom stereocenters. The fourth-order valence-corrected chi connectivity index (χ4v) is 3.24. The number of hydrogen-bond donors (Lipinski definition) is 1. The van der Waals surface area contributed by atoms with Crippen molar-refractivity contribution in [1.82, 2.24) is 15.5 Å². The lowest BCUT2D eigenvalue weighted by Gasteiger charge is -2.16. The van der Waals surface area contributed by atoms with Crippen LogP contribution < -0.4 is 10.1 Å². The molecular weight excluding hydrogens is 270 g/mol. The van der Waals surface area contributed by atoms with E-state index in [-0.39, 0.29) is 6.04 Å². The molecule has 0 radical (unpaired) electrons. The molecule has 3 rings (SSSR count). The highest BCUT2D eigenvalue weighted by molar-refractivity contribution is 7.17. The molecule has 0 aliphatic rings. The number of aromatic nitrogens is 2. The summed E-state index contributed by atoms with van der Waals surface area (Å²) in [4.78, 5) is 0. The molecule has 0 bridgehead atoms. The van der Waals surface area contributed by atoms with E-state index in [1.807, 2.05) is 19.2 Å². The zero-order chi connectivity index (χ0) is 13.9. The molecule has 102 valence electrons. The number of benzene rings is 1. The highest BCUT2D eigenvalue weighted by Crippen LogP contribution is 2.31. The molecule has 0 spiro atoms. The first-order chi connectivity index (χ1) is 9.83. The molecule has 5 heteroatoms. The Labute approximate surface area is 121 Å². The Morgan fingerprint density at radius 1 is 1.15 bits per heavy atom. The van der Waals surface area contributed by atoms with E-state index in [9.17, 15) is 0 Å². The van der Waals surface area contributed by atoms with Gasteiger partial charge in [0, 0.05) is 10.8 Å². The maximum atomic E-state index is 5.05. The number of nitrogens with zero attached hydrogens (tertiary/aromatic N) is 2. The molecule has 0 fully saturated rings. The summed E-state index contributed by atoms with van der Waals surface area (Å²) in [5, 5.41) is 15.0. The first kappa shape index (κ1) is 13.0. The van der Waals surface area contributed by atoms with Gasteiger partial charge in [-0.3, -0.25) is 0 Å². The van der Waals surface area contributed by atoms with Gasteiger partial charge in [0.05, 0.1) is 18.8 Å². The molecule has 4 nitrogen and oxygen atoms in total. The fourth-order valence-electron chi connectivity index (χ4n) is 2.30. The third-order valence-corrected chi connectivity index (χ3v) is 4.25. The molecule has 1 N–H and O–H groups in total. The number of rotatable bonds is 4. The van der Waals surface area contributed by atoms with Crippen LogP contribution in [0, 0.1) is 0 Å². The average molecular weight is 285 g/mol. The largest absolute Gasteiger partial charge is 0.480 e. The Hall–Kier alpha value is -1.98. The molecule has 0 amide bonds. The summed E-state index contributed by atoms with van der Waals surface area (Å²) in [5.74, 6) is 0.526. The maximum absolute atomic E-state index is 5.05. The van der Waals surface area contributed by atoms with Crippen LogP contribution in [0.5, 0.6) is 5.88 Å². The van der Waals surface area contributed by atoms with Crippen molar-refractivity contribution >= 4 is 21.4 Å². The van der Waals surface area contributed by atoms with Crippen LogP contribution in [-0.4, -0.2) is 24.4 Å². The zero-order valence-corrected chi connectivity index (χ0v) is 12.1. The third kappa shape index (κ3) is 2.26. The number of nitrogens with one attached hydrogen (secondary N) is 1. The van der Waals surface area contributed by atoms with E-state index in [1.165, 1.54) is 15.6 Å². The van der Waals surface area contributed by atoms with Crippen LogP contribution in [0.2, 0.25) is 0 Å². The standard InChI is InChI=1S/C15H15N3OS/c1-16-14(12-6-7-13(19-2)18-17-12)11-5-3-4-10-8-9-20-15(10)11/h3-9,14,16H,1-2H3. The molecule has 0 saturated carbocycles. The minimum atomic E-state index is 0.0238. The average Bonchev–Trinajstić information content (AvgIpc) is 2.98. The van der Waals surface area contributed by atoms with E-state index in [1.54, 1.807) is 18.4 Å². The zero-order valence-electron chi connectivity index (χ0n) is 11.3. The van der Waals surface area contributed by atoms with E-state index in [0.29, 0.717) is 5.88 Å². The first-order valence-electron chi connectivity index (χ1n) is 6.34. The molecule has 1 atom stereocenters.